The molecule has 1 aliphatic rings. The average Bonchev–Trinajstić information content (AvgIpc) is 2.53. The number of ether oxygens (including phenoxy) is 1. The van der Waals surface area contributed by atoms with Gasteiger partial charge in [-0.25, -0.2) is 4.79 Å². The fourth-order valence-electron chi connectivity index (χ4n) is 2.41. The summed E-state index contributed by atoms with van der Waals surface area (Å²) in [4.78, 5) is 24.3. The first-order valence-corrected chi connectivity index (χ1v) is 6.97. The molecule has 5 heteroatoms. The Morgan fingerprint density at radius 1 is 1.00 bits per heavy atom. The van der Waals surface area contributed by atoms with Crippen LogP contribution in [-0.4, -0.2) is 23.0 Å². The fraction of sp³-hybridized carbons (Fsp3) is 0.176. The highest BCUT2D eigenvalue weighted by molar-refractivity contribution is 5.93. The Morgan fingerprint density at radius 2 is 1.68 bits per heavy atom. The topological polar surface area (TPSA) is 75.6 Å². The van der Waals surface area contributed by atoms with Gasteiger partial charge in [0.2, 0.25) is 6.10 Å². The molecule has 22 heavy (non-hydrogen) atoms. The second-order valence-electron chi connectivity index (χ2n) is 5.16. The number of aromatic hydroxyl groups is 1. The summed E-state index contributed by atoms with van der Waals surface area (Å²) in [6.45, 7) is 0. The summed E-state index contributed by atoms with van der Waals surface area (Å²) in [7, 11) is 0. The molecule has 2 N–H and O–H groups in total. The molecule has 0 spiro atoms. The molecule has 5 nitrogen and oxygen atoms in total. The number of esters is 1. The average molecular weight is 297 g/mol. The molecule has 0 aromatic heterocycles. The zero-order valence-corrected chi connectivity index (χ0v) is 11.7. The highest BCUT2D eigenvalue weighted by Crippen LogP contribution is 2.23. The molecular formula is C17H15NO4. The molecule has 0 unspecified atom stereocenters. The molecular weight excluding hydrogens is 282 g/mol. The van der Waals surface area contributed by atoms with Crippen molar-refractivity contribution in [1.29, 1.82) is 0 Å². The van der Waals surface area contributed by atoms with E-state index >= 15 is 0 Å². The van der Waals surface area contributed by atoms with Crippen molar-refractivity contribution in [2.24, 2.45) is 0 Å². The van der Waals surface area contributed by atoms with E-state index in [2.05, 4.69) is 5.32 Å². The Hall–Kier alpha value is -2.82. The van der Waals surface area contributed by atoms with Crippen LogP contribution in [0.15, 0.2) is 54.6 Å². The number of nitrogens with one attached hydrogen (secondary N) is 1. The zero-order chi connectivity index (χ0) is 15.5. The van der Waals surface area contributed by atoms with Crippen molar-refractivity contribution in [3.8, 4) is 5.75 Å². The molecule has 1 amide bonds. The second kappa shape index (κ2) is 5.89. The van der Waals surface area contributed by atoms with E-state index < -0.39 is 18.1 Å². The van der Waals surface area contributed by atoms with Crippen LogP contribution in [0.4, 0.5) is 0 Å². The first-order chi connectivity index (χ1) is 10.6. The van der Waals surface area contributed by atoms with Crippen LogP contribution in [0.5, 0.6) is 5.75 Å². The van der Waals surface area contributed by atoms with Crippen LogP contribution in [0.3, 0.4) is 0 Å². The van der Waals surface area contributed by atoms with Crippen molar-refractivity contribution in [1.82, 2.24) is 5.32 Å². The molecule has 0 radical (unpaired) electrons. The molecule has 2 atom stereocenters. The number of carbonyl (C=O) groups is 2. The predicted molar refractivity (Wildman–Crippen MR) is 79.0 cm³/mol. The number of hydrogen-bond acceptors (Lipinski definition) is 4. The summed E-state index contributed by atoms with van der Waals surface area (Å²) in [5.41, 5.74) is 1.48. The quantitative estimate of drug-likeness (QED) is 0.846. The molecule has 3 rings (SSSR count). The smallest absolute Gasteiger partial charge is 0.330 e. The highest BCUT2D eigenvalue weighted by atomic mass is 16.6. The number of hydrogen-bond donors (Lipinski definition) is 2. The van der Waals surface area contributed by atoms with Crippen LogP contribution in [0.2, 0.25) is 0 Å². The van der Waals surface area contributed by atoms with E-state index in [0.717, 1.165) is 5.56 Å². The van der Waals surface area contributed by atoms with E-state index in [4.69, 9.17) is 4.74 Å². The van der Waals surface area contributed by atoms with Crippen LogP contribution in [0.1, 0.15) is 17.2 Å². The van der Waals surface area contributed by atoms with Crippen LogP contribution >= 0.6 is 0 Å². The Labute approximate surface area is 127 Å². The van der Waals surface area contributed by atoms with E-state index in [1.165, 1.54) is 12.1 Å². The molecule has 0 aliphatic carbocycles. The molecule has 1 saturated heterocycles. The van der Waals surface area contributed by atoms with Gasteiger partial charge in [-0.1, -0.05) is 42.5 Å². The lowest BCUT2D eigenvalue weighted by Crippen LogP contribution is -2.51. The number of rotatable bonds is 3. The van der Waals surface area contributed by atoms with Crippen LogP contribution < -0.4 is 5.32 Å². The molecule has 2 aromatic rings. The van der Waals surface area contributed by atoms with Crippen LogP contribution in [-0.2, 0) is 20.7 Å². The third-order valence-corrected chi connectivity index (χ3v) is 3.55. The van der Waals surface area contributed by atoms with Gasteiger partial charge >= 0.3 is 5.97 Å². The predicted octanol–water partition coefficient (Wildman–Crippen LogP) is 1.72. The molecule has 2 aromatic carbocycles. The Kier molecular flexibility index (Phi) is 3.78. The Balaban J connectivity index is 1.72. The lowest BCUT2D eigenvalue weighted by molar-refractivity contribution is -0.166. The van der Waals surface area contributed by atoms with Gasteiger partial charge in [0.1, 0.15) is 11.8 Å². The van der Waals surface area contributed by atoms with Gasteiger partial charge in [0, 0.05) is 12.0 Å². The van der Waals surface area contributed by atoms with Crippen molar-refractivity contribution in [3.05, 3.63) is 65.7 Å². The summed E-state index contributed by atoms with van der Waals surface area (Å²) in [6, 6.07) is 14.7. The van der Waals surface area contributed by atoms with Crippen molar-refractivity contribution in [3.63, 3.8) is 0 Å². The fourth-order valence-corrected chi connectivity index (χ4v) is 2.41. The van der Waals surface area contributed by atoms with Crippen molar-refractivity contribution in [2.45, 2.75) is 18.6 Å². The van der Waals surface area contributed by atoms with Gasteiger partial charge < -0.3 is 15.2 Å². The minimum atomic E-state index is -0.898. The molecule has 0 saturated carbocycles. The number of amides is 1. The number of carbonyl (C=O) groups excluding carboxylic acids is 2. The normalized spacial score (nSPS) is 21.1. The first kappa shape index (κ1) is 14.1. The Morgan fingerprint density at radius 3 is 2.36 bits per heavy atom. The summed E-state index contributed by atoms with van der Waals surface area (Å²) < 4.78 is 5.29. The van der Waals surface area contributed by atoms with Gasteiger partial charge in [0.05, 0.1) is 0 Å². The lowest BCUT2D eigenvalue weighted by atomic mass is 10.0. The van der Waals surface area contributed by atoms with E-state index in [0.29, 0.717) is 12.0 Å². The maximum atomic E-state index is 12.2. The first-order valence-electron chi connectivity index (χ1n) is 6.97. The molecule has 0 bridgehead atoms. The van der Waals surface area contributed by atoms with Crippen LogP contribution in [0, 0.1) is 0 Å². The maximum Gasteiger partial charge on any atom is 0.330 e. The van der Waals surface area contributed by atoms with Crippen molar-refractivity contribution < 1.29 is 19.4 Å². The van der Waals surface area contributed by atoms with Gasteiger partial charge in [-0.15, -0.1) is 0 Å². The number of cyclic esters (lactones) is 1. The number of morpholine rings is 1. The van der Waals surface area contributed by atoms with Gasteiger partial charge in [-0.3, -0.25) is 4.79 Å². The van der Waals surface area contributed by atoms with E-state index in [-0.39, 0.29) is 11.7 Å². The minimum Gasteiger partial charge on any atom is -0.508 e. The molecule has 112 valence electrons. The summed E-state index contributed by atoms with van der Waals surface area (Å²) in [5.74, 6) is -0.626. The van der Waals surface area contributed by atoms with Gasteiger partial charge in [0.15, 0.2) is 0 Å². The van der Waals surface area contributed by atoms with Crippen molar-refractivity contribution in [2.75, 3.05) is 0 Å². The van der Waals surface area contributed by atoms with E-state index in [1.54, 1.807) is 36.4 Å². The summed E-state index contributed by atoms with van der Waals surface area (Å²) >= 11 is 0. The lowest BCUT2D eigenvalue weighted by Gasteiger charge is -2.28. The van der Waals surface area contributed by atoms with Crippen molar-refractivity contribution >= 4 is 11.9 Å². The minimum absolute atomic E-state index is 0.156. The molecule has 1 aliphatic heterocycles. The van der Waals surface area contributed by atoms with E-state index in [1.807, 2.05) is 6.07 Å². The van der Waals surface area contributed by atoms with Crippen LogP contribution in [0.25, 0.3) is 0 Å². The molecule has 1 fully saturated rings. The number of phenolic OH excluding ortho intramolecular Hbond substituents is 1. The van der Waals surface area contributed by atoms with Gasteiger partial charge in [0.25, 0.3) is 5.91 Å². The third kappa shape index (κ3) is 2.93. The largest absolute Gasteiger partial charge is 0.508 e. The molecule has 1 heterocycles. The second-order valence-corrected chi connectivity index (χ2v) is 5.16. The van der Waals surface area contributed by atoms with Gasteiger partial charge in [-0.2, -0.15) is 0 Å². The SMILES string of the molecule is O=C1O[C@@H](c2ccccc2)C(=O)N[C@H]1Cc1ccc(O)cc1. The summed E-state index contributed by atoms with van der Waals surface area (Å²) in [5, 5.41) is 12.0. The number of benzene rings is 2. The highest BCUT2D eigenvalue weighted by Gasteiger charge is 2.36. The van der Waals surface area contributed by atoms with E-state index in [9.17, 15) is 14.7 Å². The third-order valence-electron chi connectivity index (χ3n) is 3.55. The monoisotopic (exact) mass is 297 g/mol. The number of phenols is 1. The summed E-state index contributed by atoms with van der Waals surface area (Å²) in [6.07, 6.45) is -0.573. The standard InChI is InChI=1S/C17H15NO4/c19-13-8-6-11(7-9-13)10-14-17(21)22-15(16(20)18-14)12-4-2-1-3-5-12/h1-9,14-15,19H,10H2,(H,18,20)/t14-,15-/m0/s1. The Bertz CT molecular complexity index is 682. The maximum absolute atomic E-state index is 12.2. The zero-order valence-electron chi connectivity index (χ0n) is 11.7. The van der Waals surface area contributed by atoms with Gasteiger partial charge in [-0.05, 0) is 17.7 Å².